The topological polar surface area (TPSA) is 33.0 Å². The number of nitriles is 1. The van der Waals surface area contributed by atoms with E-state index in [4.69, 9.17) is 10.00 Å². The Hall–Kier alpha value is -1.38. The van der Waals surface area contributed by atoms with Crippen molar-refractivity contribution in [1.82, 2.24) is 0 Å². The van der Waals surface area contributed by atoms with Crippen LogP contribution in [0.25, 0.3) is 0 Å². The van der Waals surface area contributed by atoms with Crippen LogP contribution in [0.3, 0.4) is 0 Å². The number of rotatable bonds is 4. The zero-order valence-corrected chi connectivity index (χ0v) is 14.5. The maximum absolute atomic E-state index is 14.0. The van der Waals surface area contributed by atoms with Gasteiger partial charge in [0, 0.05) is 20.9 Å². The van der Waals surface area contributed by atoms with Gasteiger partial charge in [0.2, 0.25) is 0 Å². The summed E-state index contributed by atoms with van der Waals surface area (Å²) >= 11 is 6.86. The van der Waals surface area contributed by atoms with Gasteiger partial charge in [0.1, 0.15) is 24.2 Å². The van der Waals surface area contributed by atoms with E-state index in [2.05, 4.69) is 31.9 Å². The quantitative estimate of drug-likeness (QED) is 0.643. The lowest BCUT2D eigenvalue weighted by Crippen LogP contribution is -2.03. The molecule has 0 aliphatic rings. The molecular formula is C16H12Br2FNO. The van der Waals surface area contributed by atoms with Gasteiger partial charge in [0.15, 0.2) is 0 Å². The Kier molecular flexibility index (Phi) is 5.38. The van der Waals surface area contributed by atoms with Gasteiger partial charge in [-0.25, -0.2) is 4.39 Å². The molecule has 0 spiro atoms. The van der Waals surface area contributed by atoms with Gasteiger partial charge in [0.25, 0.3) is 0 Å². The van der Waals surface area contributed by atoms with Crippen LogP contribution in [-0.2, 0) is 11.9 Å². The first-order valence-electron chi connectivity index (χ1n) is 6.22. The van der Waals surface area contributed by atoms with Gasteiger partial charge in [-0.2, -0.15) is 5.26 Å². The molecule has 0 saturated carbocycles. The standard InChI is InChI=1S/C16H12Br2FNO/c1-10-5-14(18)6-13(7-17)16(10)21-9-12-4-2-3-11(8-20)15(12)19/h2-6H,7,9H2,1H3. The summed E-state index contributed by atoms with van der Waals surface area (Å²) in [6, 6.07) is 10.5. The van der Waals surface area contributed by atoms with Gasteiger partial charge in [0.05, 0.1) is 5.56 Å². The van der Waals surface area contributed by atoms with Crippen LogP contribution in [0.4, 0.5) is 4.39 Å². The fourth-order valence-corrected chi connectivity index (χ4v) is 3.07. The summed E-state index contributed by atoms with van der Waals surface area (Å²) in [6.45, 7) is 2.03. The van der Waals surface area contributed by atoms with Crippen LogP contribution >= 0.6 is 31.9 Å². The molecule has 0 unspecified atom stereocenters. The van der Waals surface area contributed by atoms with Crippen LogP contribution < -0.4 is 4.74 Å². The molecule has 0 fully saturated rings. The Balaban J connectivity index is 2.27. The lowest BCUT2D eigenvalue weighted by atomic mass is 10.1. The van der Waals surface area contributed by atoms with E-state index in [9.17, 15) is 4.39 Å². The third-order valence-corrected chi connectivity index (χ3v) is 4.09. The van der Waals surface area contributed by atoms with Crippen molar-refractivity contribution in [2.24, 2.45) is 0 Å². The molecule has 0 aliphatic heterocycles. The molecule has 0 heterocycles. The summed E-state index contributed by atoms with van der Waals surface area (Å²) in [7, 11) is 0. The minimum atomic E-state index is -0.518. The highest BCUT2D eigenvalue weighted by atomic mass is 79.9. The van der Waals surface area contributed by atoms with Gasteiger partial charge in [-0.3, -0.25) is 0 Å². The van der Waals surface area contributed by atoms with Crippen LogP contribution in [0.15, 0.2) is 34.8 Å². The number of benzene rings is 2. The number of ether oxygens (including phenoxy) is 1. The third-order valence-electron chi connectivity index (χ3n) is 3.03. The fraction of sp³-hybridized carbons (Fsp3) is 0.188. The molecule has 2 aromatic rings. The van der Waals surface area contributed by atoms with Gasteiger partial charge < -0.3 is 4.74 Å². The average Bonchev–Trinajstić information content (AvgIpc) is 2.47. The number of hydrogen-bond acceptors (Lipinski definition) is 2. The molecule has 0 atom stereocenters. The molecule has 0 aromatic heterocycles. The Morgan fingerprint density at radius 1 is 1.29 bits per heavy atom. The molecule has 0 saturated heterocycles. The zero-order valence-electron chi connectivity index (χ0n) is 11.3. The summed E-state index contributed by atoms with van der Waals surface area (Å²) < 4.78 is 20.8. The Morgan fingerprint density at radius 3 is 2.71 bits per heavy atom. The summed E-state index contributed by atoms with van der Waals surface area (Å²) in [5.41, 5.74) is 2.36. The highest BCUT2D eigenvalue weighted by molar-refractivity contribution is 9.10. The molecule has 2 rings (SSSR count). The van der Waals surface area contributed by atoms with Crippen LogP contribution in [0, 0.1) is 24.1 Å². The van der Waals surface area contributed by atoms with Gasteiger partial charge in [-0.15, -0.1) is 0 Å². The minimum Gasteiger partial charge on any atom is -0.488 e. The monoisotopic (exact) mass is 411 g/mol. The number of alkyl halides is 1. The normalized spacial score (nSPS) is 10.2. The van der Waals surface area contributed by atoms with Crippen LogP contribution in [0.5, 0.6) is 5.75 Å². The molecule has 5 heteroatoms. The fourth-order valence-electron chi connectivity index (χ4n) is 2.03. The molecule has 2 nitrogen and oxygen atoms in total. The minimum absolute atomic E-state index is 0.0318. The Morgan fingerprint density at radius 2 is 2.05 bits per heavy atom. The largest absolute Gasteiger partial charge is 0.488 e. The van der Waals surface area contributed by atoms with Gasteiger partial charge in [-0.1, -0.05) is 44.0 Å². The first-order chi connectivity index (χ1) is 10.1. The van der Waals surface area contributed by atoms with Crippen molar-refractivity contribution in [3.05, 3.63) is 62.9 Å². The number of nitrogens with zero attached hydrogens (tertiary/aromatic N) is 1. The lowest BCUT2D eigenvalue weighted by Gasteiger charge is -2.14. The van der Waals surface area contributed by atoms with E-state index in [0.29, 0.717) is 10.9 Å². The van der Waals surface area contributed by atoms with E-state index in [-0.39, 0.29) is 12.2 Å². The van der Waals surface area contributed by atoms with Crippen LogP contribution in [0.2, 0.25) is 0 Å². The van der Waals surface area contributed by atoms with Crippen molar-refractivity contribution in [2.45, 2.75) is 18.9 Å². The van der Waals surface area contributed by atoms with E-state index >= 15 is 0 Å². The van der Waals surface area contributed by atoms with Crippen molar-refractivity contribution in [2.75, 3.05) is 0 Å². The second-order valence-corrected chi connectivity index (χ2v) is 6.00. The second-order valence-electron chi connectivity index (χ2n) is 4.52. The van der Waals surface area contributed by atoms with Gasteiger partial charge >= 0.3 is 0 Å². The van der Waals surface area contributed by atoms with E-state index in [1.165, 1.54) is 6.07 Å². The highest BCUT2D eigenvalue weighted by Crippen LogP contribution is 2.30. The van der Waals surface area contributed by atoms with E-state index in [1.54, 1.807) is 12.1 Å². The smallest absolute Gasteiger partial charge is 0.147 e. The average molecular weight is 413 g/mol. The first kappa shape index (κ1) is 16.0. The molecule has 0 amide bonds. The number of hydrogen-bond donors (Lipinski definition) is 0. The summed E-state index contributed by atoms with van der Waals surface area (Å²) in [6.07, 6.45) is 0. The molecular weight excluding hydrogens is 401 g/mol. The van der Waals surface area contributed by atoms with Crippen molar-refractivity contribution < 1.29 is 9.13 Å². The summed E-state index contributed by atoms with van der Waals surface area (Å²) in [4.78, 5) is 0. The van der Waals surface area contributed by atoms with Crippen molar-refractivity contribution in [3.8, 4) is 11.8 Å². The second kappa shape index (κ2) is 7.06. The van der Waals surface area contributed by atoms with Crippen molar-refractivity contribution in [1.29, 1.82) is 5.26 Å². The molecule has 0 bridgehead atoms. The maximum atomic E-state index is 14.0. The predicted octanol–water partition coefficient (Wildman–Crippen LogP) is 5.24. The molecule has 0 radical (unpaired) electrons. The molecule has 2 aromatic carbocycles. The van der Waals surface area contributed by atoms with Crippen molar-refractivity contribution in [3.63, 3.8) is 0 Å². The SMILES string of the molecule is Cc1cc(Br)cc(CBr)c1OCc1cccc(C#N)c1F. The molecule has 0 N–H and O–H groups in total. The Labute approximate surface area is 139 Å². The summed E-state index contributed by atoms with van der Waals surface area (Å²) in [5, 5.41) is 9.48. The Bertz CT molecular complexity index is 710. The molecule has 108 valence electrons. The number of aryl methyl sites for hydroxylation is 1. The predicted molar refractivity (Wildman–Crippen MR) is 87.0 cm³/mol. The molecule has 0 aliphatic carbocycles. The number of halogens is 3. The zero-order chi connectivity index (χ0) is 15.4. The maximum Gasteiger partial charge on any atom is 0.147 e. The lowest BCUT2D eigenvalue weighted by molar-refractivity contribution is 0.295. The van der Waals surface area contributed by atoms with E-state index in [1.807, 2.05) is 25.1 Å². The molecule has 21 heavy (non-hydrogen) atoms. The van der Waals surface area contributed by atoms with E-state index in [0.717, 1.165) is 21.3 Å². The third kappa shape index (κ3) is 3.63. The van der Waals surface area contributed by atoms with Gasteiger partial charge in [-0.05, 0) is 30.7 Å². The van der Waals surface area contributed by atoms with E-state index < -0.39 is 5.82 Å². The summed E-state index contributed by atoms with van der Waals surface area (Å²) in [5.74, 6) is 0.215. The first-order valence-corrected chi connectivity index (χ1v) is 8.13. The van der Waals surface area contributed by atoms with Crippen LogP contribution in [-0.4, -0.2) is 0 Å². The highest BCUT2D eigenvalue weighted by Gasteiger charge is 2.12. The van der Waals surface area contributed by atoms with Crippen molar-refractivity contribution >= 4 is 31.9 Å². The van der Waals surface area contributed by atoms with Crippen LogP contribution in [0.1, 0.15) is 22.3 Å².